The highest BCUT2D eigenvalue weighted by molar-refractivity contribution is 7.07. The Bertz CT molecular complexity index is 460. The Morgan fingerprint density at radius 1 is 1.59 bits per heavy atom. The Kier molecular flexibility index (Phi) is 3.22. The number of rotatable bonds is 3. The monoisotopic (exact) mass is 249 g/mol. The van der Waals surface area contributed by atoms with Gasteiger partial charge in [-0.15, -0.1) is 0 Å². The molecule has 3 rings (SSSR count). The molecule has 1 N–H and O–H groups in total. The van der Waals surface area contributed by atoms with Gasteiger partial charge in [-0.25, -0.2) is 4.98 Å². The summed E-state index contributed by atoms with van der Waals surface area (Å²) in [6.45, 7) is 3.46. The maximum atomic E-state index is 5.76. The standard InChI is InChI=1S/C12H15N3OS/c1-4-17-8-10(1)7-15-9-14-5-11(15)12-6-13-2-3-16-12/h1,4-5,8-9,12-13H,2-3,6-7H2. The van der Waals surface area contributed by atoms with Gasteiger partial charge in [-0.1, -0.05) is 0 Å². The lowest BCUT2D eigenvalue weighted by Crippen LogP contribution is -2.34. The SMILES string of the molecule is c1cc(Cn2cncc2C2CNCCO2)cs1. The number of thiophene rings is 1. The minimum absolute atomic E-state index is 0.130. The molecule has 17 heavy (non-hydrogen) atoms. The second kappa shape index (κ2) is 5.00. The summed E-state index contributed by atoms with van der Waals surface area (Å²) in [5, 5.41) is 7.62. The van der Waals surface area contributed by atoms with Crippen molar-refractivity contribution in [1.82, 2.24) is 14.9 Å². The van der Waals surface area contributed by atoms with Gasteiger partial charge < -0.3 is 14.6 Å². The number of aromatic nitrogens is 2. The summed E-state index contributed by atoms with van der Waals surface area (Å²) in [7, 11) is 0. The molecule has 1 aliphatic rings. The van der Waals surface area contributed by atoms with E-state index in [4.69, 9.17) is 4.74 Å². The molecule has 1 saturated heterocycles. The molecule has 2 aromatic rings. The van der Waals surface area contributed by atoms with Crippen molar-refractivity contribution in [2.45, 2.75) is 12.6 Å². The van der Waals surface area contributed by atoms with Gasteiger partial charge in [-0.3, -0.25) is 0 Å². The number of ether oxygens (including phenoxy) is 1. The number of imidazole rings is 1. The van der Waals surface area contributed by atoms with Gasteiger partial charge >= 0.3 is 0 Å². The van der Waals surface area contributed by atoms with Crippen LogP contribution in [0.3, 0.4) is 0 Å². The van der Waals surface area contributed by atoms with Gasteiger partial charge in [0.05, 0.1) is 24.8 Å². The third kappa shape index (κ3) is 2.41. The van der Waals surface area contributed by atoms with Crippen molar-refractivity contribution in [1.29, 1.82) is 0 Å². The third-order valence-corrected chi connectivity index (χ3v) is 3.67. The first-order valence-electron chi connectivity index (χ1n) is 5.77. The van der Waals surface area contributed by atoms with Crippen LogP contribution in [0.4, 0.5) is 0 Å². The molecule has 90 valence electrons. The fourth-order valence-electron chi connectivity index (χ4n) is 2.07. The average Bonchev–Trinajstić information content (AvgIpc) is 3.02. The van der Waals surface area contributed by atoms with Crippen molar-refractivity contribution in [3.8, 4) is 0 Å². The lowest BCUT2D eigenvalue weighted by atomic mass is 10.2. The first kappa shape index (κ1) is 11.0. The number of hydrogen-bond donors (Lipinski definition) is 1. The molecule has 0 aliphatic carbocycles. The Morgan fingerprint density at radius 2 is 2.59 bits per heavy atom. The van der Waals surface area contributed by atoms with E-state index in [1.54, 1.807) is 11.3 Å². The van der Waals surface area contributed by atoms with Crippen molar-refractivity contribution >= 4 is 11.3 Å². The molecule has 0 saturated carbocycles. The maximum Gasteiger partial charge on any atom is 0.111 e. The quantitative estimate of drug-likeness (QED) is 0.899. The highest BCUT2D eigenvalue weighted by Gasteiger charge is 2.19. The summed E-state index contributed by atoms with van der Waals surface area (Å²) in [6.07, 6.45) is 3.92. The number of nitrogens with zero attached hydrogens (tertiary/aromatic N) is 2. The highest BCUT2D eigenvalue weighted by Crippen LogP contribution is 2.19. The van der Waals surface area contributed by atoms with E-state index >= 15 is 0 Å². The van der Waals surface area contributed by atoms with E-state index < -0.39 is 0 Å². The second-order valence-electron chi connectivity index (χ2n) is 4.14. The van der Waals surface area contributed by atoms with Crippen LogP contribution in [-0.4, -0.2) is 29.2 Å². The smallest absolute Gasteiger partial charge is 0.111 e. The molecule has 0 aromatic carbocycles. The topological polar surface area (TPSA) is 39.1 Å². The molecule has 3 heterocycles. The highest BCUT2D eigenvalue weighted by atomic mass is 32.1. The minimum Gasteiger partial charge on any atom is -0.369 e. The summed E-state index contributed by atoms with van der Waals surface area (Å²) in [5.74, 6) is 0. The fraction of sp³-hybridized carbons (Fsp3) is 0.417. The largest absolute Gasteiger partial charge is 0.369 e. The zero-order valence-electron chi connectivity index (χ0n) is 9.50. The van der Waals surface area contributed by atoms with E-state index in [0.29, 0.717) is 0 Å². The van der Waals surface area contributed by atoms with Crippen LogP contribution in [0.1, 0.15) is 17.4 Å². The molecule has 4 nitrogen and oxygen atoms in total. The van der Waals surface area contributed by atoms with Gasteiger partial charge in [0.1, 0.15) is 6.10 Å². The molecular weight excluding hydrogens is 234 g/mol. The van der Waals surface area contributed by atoms with Crippen molar-refractivity contribution in [3.05, 3.63) is 40.6 Å². The molecule has 1 atom stereocenters. The Labute approximate surface area is 104 Å². The Morgan fingerprint density at radius 3 is 3.35 bits per heavy atom. The van der Waals surface area contributed by atoms with Crippen LogP contribution >= 0.6 is 11.3 Å². The van der Waals surface area contributed by atoms with Crippen molar-refractivity contribution in [3.63, 3.8) is 0 Å². The van der Waals surface area contributed by atoms with Crippen LogP contribution in [-0.2, 0) is 11.3 Å². The molecule has 5 heteroatoms. The average molecular weight is 249 g/mol. The number of morpholine rings is 1. The van der Waals surface area contributed by atoms with E-state index in [-0.39, 0.29) is 6.10 Å². The molecule has 1 fully saturated rings. The van der Waals surface area contributed by atoms with E-state index in [9.17, 15) is 0 Å². The third-order valence-electron chi connectivity index (χ3n) is 2.94. The van der Waals surface area contributed by atoms with E-state index in [0.717, 1.165) is 31.9 Å². The van der Waals surface area contributed by atoms with E-state index in [1.165, 1.54) is 5.56 Å². The fourth-order valence-corrected chi connectivity index (χ4v) is 2.73. The molecule has 1 unspecified atom stereocenters. The minimum atomic E-state index is 0.130. The van der Waals surface area contributed by atoms with E-state index in [2.05, 4.69) is 31.7 Å². The maximum absolute atomic E-state index is 5.76. The first-order valence-corrected chi connectivity index (χ1v) is 6.71. The molecular formula is C12H15N3OS. The van der Waals surface area contributed by atoms with Crippen LogP contribution < -0.4 is 5.32 Å². The second-order valence-corrected chi connectivity index (χ2v) is 4.92. The summed E-state index contributed by atoms with van der Waals surface area (Å²) in [5.41, 5.74) is 2.47. The summed E-state index contributed by atoms with van der Waals surface area (Å²) < 4.78 is 7.93. The molecule has 0 radical (unpaired) electrons. The van der Waals surface area contributed by atoms with Crippen LogP contribution in [0.5, 0.6) is 0 Å². The summed E-state index contributed by atoms with van der Waals surface area (Å²) >= 11 is 1.73. The lowest BCUT2D eigenvalue weighted by Gasteiger charge is -2.24. The van der Waals surface area contributed by atoms with Gasteiger partial charge in [0.2, 0.25) is 0 Å². The molecule has 0 amide bonds. The predicted octanol–water partition coefficient (Wildman–Crippen LogP) is 1.65. The van der Waals surface area contributed by atoms with Gasteiger partial charge in [-0.05, 0) is 22.4 Å². The van der Waals surface area contributed by atoms with Crippen LogP contribution in [0, 0.1) is 0 Å². The lowest BCUT2D eigenvalue weighted by molar-refractivity contribution is 0.0230. The zero-order chi connectivity index (χ0) is 11.5. The Balaban J connectivity index is 1.78. The van der Waals surface area contributed by atoms with Crippen LogP contribution in [0.2, 0.25) is 0 Å². The molecule has 1 aliphatic heterocycles. The molecule has 0 bridgehead atoms. The van der Waals surface area contributed by atoms with Gasteiger partial charge in [0.15, 0.2) is 0 Å². The van der Waals surface area contributed by atoms with Crippen molar-refractivity contribution in [2.24, 2.45) is 0 Å². The summed E-state index contributed by atoms with van der Waals surface area (Å²) in [4.78, 5) is 4.24. The van der Waals surface area contributed by atoms with Crippen molar-refractivity contribution in [2.75, 3.05) is 19.7 Å². The van der Waals surface area contributed by atoms with Crippen molar-refractivity contribution < 1.29 is 4.74 Å². The Hall–Kier alpha value is -1.17. The zero-order valence-corrected chi connectivity index (χ0v) is 10.3. The number of nitrogens with one attached hydrogen (secondary N) is 1. The predicted molar refractivity (Wildman–Crippen MR) is 67.2 cm³/mol. The van der Waals surface area contributed by atoms with Crippen LogP contribution in [0.25, 0.3) is 0 Å². The molecule has 2 aromatic heterocycles. The number of hydrogen-bond acceptors (Lipinski definition) is 4. The normalized spacial score (nSPS) is 20.6. The first-order chi connectivity index (χ1) is 8.43. The summed E-state index contributed by atoms with van der Waals surface area (Å²) in [6, 6.07) is 2.15. The molecule has 0 spiro atoms. The van der Waals surface area contributed by atoms with E-state index in [1.807, 2.05) is 12.5 Å². The van der Waals surface area contributed by atoms with Gasteiger partial charge in [-0.2, -0.15) is 11.3 Å². The van der Waals surface area contributed by atoms with Gasteiger partial charge in [0, 0.05) is 19.6 Å². The van der Waals surface area contributed by atoms with Gasteiger partial charge in [0.25, 0.3) is 0 Å². The van der Waals surface area contributed by atoms with Crippen LogP contribution in [0.15, 0.2) is 29.4 Å².